The van der Waals surface area contributed by atoms with E-state index in [1.807, 2.05) is 29.8 Å². The fraction of sp³-hybridized carbons (Fsp3) is 0.267. The fourth-order valence-electron chi connectivity index (χ4n) is 2.28. The number of fused-ring (bicyclic) bond motifs is 1. The van der Waals surface area contributed by atoms with Gasteiger partial charge in [0.2, 0.25) is 0 Å². The monoisotopic (exact) mass is 305 g/mol. The first-order valence-corrected chi connectivity index (χ1v) is 7.06. The number of nitrogens with one attached hydrogen (secondary N) is 1. The minimum absolute atomic E-state index is 0.400. The molecule has 0 aliphatic carbocycles. The number of imidazole rings is 1. The SMILES string of the molecule is Cn1c(CNCC(O)c2ccco2)nc2cc(Cl)ccc21. The summed E-state index contributed by atoms with van der Waals surface area (Å²) in [6.07, 6.45) is 0.887. The van der Waals surface area contributed by atoms with E-state index in [9.17, 15) is 5.11 Å². The summed E-state index contributed by atoms with van der Waals surface area (Å²) in [5, 5.41) is 13.8. The lowest BCUT2D eigenvalue weighted by atomic mass is 10.3. The second-order valence-corrected chi connectivity index (χ2v) is 5.32. The van der Waals surface area contributed by atoms with Crippen molar-refractivity contribution in [3.05, 3.63) is 53.2 Å². The number of hydrogen-bond acceptors (Lipinski definition) is 4. The van der Waals surface area contributed by atoms with E-state index >= 15 is 0 Å². The van der Waals surface area contributed by atoms with Crippen LogP contribution in [-0.4, -0.2) is 21.2 Å². The van der Waals surface area contributed by atoms with Gasteiger partial charge >= 0.3 is 0 Å². The molecule has 0 radical (unpaired) electrons. The quantitative estimate of drug-likeness (QED) is 0.760. The van der Waals surface area contributed by atoms with Crippen LogP contribution in [0, 0.1) is 0 Å². The fourth-order valence-corrected chi connectivity index (χ4v) is 2.45. The highest BCUT2D eigenvalue weighted by molar-refractivity contribution is 6.31. The molecule has 0 aliphatic rings. The van der Waals surface area contributed by atoms with Crippen molar-refractivity contribution in [3.63, 3.8) is 0 Å². The molecule has 0 spiro atoms. The summed E-state index contributed by atoms with van der Waals surface area (Å²) < 4.78 is 7.17. The Balaban J connectivity index is 1.67. The Labute approximate surface area is 127 Å². The van der Waals surface area contributed by atoms with Crippen molar-refractivity contribution in [2.75, 3.05) is 6.54 Å². The Hall–Kier alpha value is -1.82. The predicted molar refractivity (Wildman–Crippen MR) is 81.1 cm³/mol. The Morgan fingerprint density at radius 1 is 1.43 bits per heavy atom. The molecule has 0 bridgehead atoms. The highest BCUT2D eigenvalue weighted by Crippen LogP contribution is 2.19. The molecule has 2 aromatic heterocycles. The summed E-state index contributed by atoms with van der Waals surface area (Å²) in [4.78, 5) is 4.54. The van der Waals surface area contributed by atoms with E-state index in [-0.39, 0.29) is 0 Å². The molecule has 110 valence electrons. The van der Waals surface area contributed by atoms with Crippen LogP contribution in [0.2, 0.25) is 5.02 Å². The van der Waals surface area contributed by atoms with E-state index in [0.29, 0.717) is 23.9 Å². The number of aromatic nitrogens is 2. The van der Waals surface area contributed by atoms with Crippen molar-refractivity contribution in [1.29, 1.82) is 0 Å². The number of benzene rings is 1. The van der Waals surface area contributed by atoms with Gasteiger partial charge in [0, 0.05) is 18.6 Å². The molecule has 3 rings (SSSR count). The molecule has 3 aromatic rings. The maximum atomic E-state index is 9.93. The lowest BCUT2D eigenvalue weighted by Crippen LogP contribution is -2.22. The molecule has 5 nitrogen and oxygen atoms in total. The van der Waals surface area contributed by atoms with Crippen LogP contribution < -0.4 is 5.32 Å². The minimum Gasteiger partial charge on any atom is -0.467 e. The van der Waals surface area contributed by atoms with Gasteiger partial charge in [-0.3, -0.25) is 0 Å². The third-order valence-electron chi connectivity index (χ3n) is 3.43. The van der Waals surface area contributed by atoms with Crippen molar-refractivity contribution in [3.8, 4) is 0 Å². The van der Waals surface area contributed by atoms with E-state index in [0.717, 1.165) is 16.9 Å². The van der Waals surface area contributed by atoms with Gasteiger partial charge in [-0.2, -0.15) is 0 Å². The van der Waals surface area contributed by atoms with Gasteiger partial charge in [0.1, 0.15) is 17.7 Å². The molecule has 2 heterocycles. The highest BCUT2D eigenvalue weighted by Gasteiger charge is 2.11. The van der Waals surface area contributed by atoms with Crippen molar-refractivity contribution in [2.24, 2.45) is 7.05 Å². The number of aliphatic hydroxyl groups excluding tert-OH is 1. The molecule has 0 saturated carbocycles. The van der Waals surface area contributed by atoms with E-state index in [4.69, 9.17) is 16.0 Å². The maximum absolute atomic E-state index is 9.93. The molecular weight excluding hydrogens is 290 g/mol. The molecule has 0 aliphatic heterocycles. The van der Waals surface area contributed by atoms with Crippen LogP contribution in [-0.2, 0) is 13.6 Å². The number of aryl methyl sites for hydroxylation is 1. The first kappa shape index (κ1) is 14.1. The smallest absolute Gasteiger partial charge is 0.133 e. The van der Waals surface area contributed by atoms with Gasteiger partial charge in [-0.05, 0) is 30.3 Å². The van der Waals surface area contributed by atoms with Crippen LogP contribution in [0.5, 0.6) is 0 Å². The second-order valence-electron chi connectivity index (χ2n) is 4.88. The molecule has 0 fully saturated rings. The topological polar surface area (TPSA) is 63.2 Å². The van der Waals surface area contributed by atoms with Gasteiger partial charge in [-0.15, -0.1) is 0 Å². The molecule has 1 unspecified atom stereocenters. The Morgan fingerprint density at radius 3 is 3.05 bits per heavy atom. The molecular formula is C15H16ClN3O2. The Bertz CT molecular complexity index is 737. The van der Waals surface area contributed by atoms with Crippen LogP contribution in [0.25, 0.3) is 11.0 Å². The molecule has 2 N–H and O–H groups in total. The van der Waals surface area contributed by atoms with Gasteiger partial charge in [-0.1, -0.05) is 11.6 Å². The number of hydrogen-bond donors (Lipinski definition) is 2. The number of aliphatic hydroxyl groups is 1. The van der Waals surface area contributed by atoms with E-state index in [1.165, 1.54) is 0 Å². The number of nitrogens with zero attached hydrogens (tertiary/aromatic N) is 2. The minimum atomic E-state index is -0.663. The summed E-state index contributed by atoms with van der Waals surface area (Å²) in [6.45, 7) is 0.956. The molecule has 21 heavy (non-hydrogen) atoms. The van der Waals surface area contributed by atoms with Crippen molar-refractivity contribution in [2.45, 2.75) is 12.6 Å². The van der Waals surface area contributed by atoms with E-state index in [1.54, 1.807) is 18.4 Å². The molecule has 0 saturated heterocycles. The first-order chi connectivity index (χ1) is 10.1. The molecule has 6 heteroatoms. The van der Waals surface area contributed by atoms with Gasteiger partial charge < -0.3 is 19.4 Å². The normalized spacial score (nSPS) is 12.9. The lowest BCUT2D eigenvalue weighted by Gasteiger charge is -2.09. The zero-order valence-corrected chi connectivity index (χ0v) is 12.3. The zero-order valence-electron chi connectivity index (χ0n) is 11.6. The van der Waals surface area contributed by atoms with Crippen LogP contribution in [0.4, 0.5) is 0 Å². The molecule has 1 atom stereocenters. The average molecular weight is 306 g/mol. The van der Waals surface area contributed by atoms with Gasteiger partial charge in [0.05, 0.1) is 23.8 Å². The highest BCUT2D eigenvalue weighted by atomic mass is 35.5. The average Bonchev–Trinajstić information content (AvgIpc) is 3.08. The predicted octanol–water partition coefficient (Wildman–Crippen LogP) is 2.64. The van der Waals surface area contributed by atoms with Crippen LogP contribution >= 0.6 is 11.6 Å². The number of rotatable bonds is 5. The second kappa shape index (κ2) is 5.89. The summed E-state index contributed by atoms with van der Waals surface area (Å²) in [5.74, 6) is 1.44. The first-order valence-electron chi connectivity index (χ1n) is 6.68. The van der Waals surface area contributed by atoms with Gasteiger partial charge in [0.15, 0.2) is 0 Å². The Morgan fingerprint density at radius 2 is 2.29 bits per heavy atom. The zero-order chi connectivity index (χ0) is 14.8. The number of furan rings is 1. The summed E-state index contributed by atoms with van der Waals surface area (Å²) in [5.41, 5.74) is 1.90. The van der Waals surface area contributed by atoms with E-state index < -0.39 is 6.10 Å². The third kappa shape index (κ3) is 2.95. The van der Waals surface area contributed by atoms with Crippen LogP contribution in [0.3, 0.4) is 0 Å². The van der Waals surface area contributed by atoms with Crippen molar-refractivity contribution in [1.82, 2.24) is 14.9 Å². The van der Waals surface area contributed by atoms with Crippen molar-refractivity contribution < 1.29 is 9.52 Å². The van der Waals surface area contributed by atoms with Crippen molar-refractivity contribution >= 4 is 22.6 Å². The van der Waals surface area contributed by atoms with Gasteiger partial charge in [-0.25, -0.2) is 4.98 Å². The maximum Gasteiger partial charge on any atom is 0.133 e. The third-order valence-corrected chi connectivity index (χ3v) is 3.66. The Kier molecular flexibility index (Phi) is 3.96. The summed E-state index contributed by atoms with van der Waals surface area (Å²) in [6, 6.07) is 9.16. The lowest BCUT2D eigenvalue weighted by molar-refractivity contribution is 0.147. The van der Waals surface area contributed by atoms with Gasteiger partial charge in [0.25, 0.3) is 0 Å². The van der Waals surface area contributed by atoms with Crippen LogP contribution in [0.15, 0.2) is 41.0 Å². The summed E-state index contributed by atoms with van der Waals surface area (Å²) in [7, 11) is 1.96. The standard InChI is InChI=1S/C15H16ClN3O2/c1-19-12-5-4-10(16)7-11(12)18-15(19)9-17-8-13(20)14-3-2-6-21-14/h2-7,13,17,20H,8-9H2,1H3. The largest absolute Gasteiger partial charge is 0.467 e. The molecule has 0 amide bonds. The van der Waals surface area contributed by atoms with Crippen LogP contribution in [0.1, 0.15) is 17.7 Å². The molecule has 1 aromatic carbocycles. The summed E-state index contributed by atoms with van der Waals surface area (Å²) >= 11 is 5.97. The van der Waals surface area contributed by atoms with E-state index in [2.05, 4.69) is 10.3 Å². The number of halogens is 1.